The molecule has 0 aromatic heterocycles. The Morgan fingerprint density at radius 2 is 1.76 bits per heavy atom. The van der Waals surface area contributed by atoms with E-state index in [1.165, 1.54) is 11.8 Å². The molecular weight excluding hydrogens is 491 g/mol. The highest BCUT2D eigenvalue weighted by molar-refractivity contribution is 8.18. The minimum atomic E-state index is -0.186. The van der Waals surface area contributed by atoms with E-state index < -0.39 is 0 Å². The van der Waals surface area contributed by atoms with Gasteiger partial charge in [-0.05, 0) is 79.2 Å². The van der Waals surface area contributed by atoms with Gasteiger partial charge >= 0.3 is 0 Å². The predicted molar refractivity (Wildman–Crippen MR) is 140 cm³/mol. The molecule has 3 aromatic carbocycles. The van der Waals surface area contributed by atoms with Gasteiger partial charge in [-0.25, -0.2) is 4.99 Å². The molecule has 1 aliphatic heterocycles. The summed E-state index contributed by atoms with van der Waals surface area (Å²) < 4.78 is 11.7. The van der Waals surface area contributed by atoms with Crippen molar-refractivity contribution in [3.05, 3.63) is 92.3 Å². The summed E-state index contributed by atoms with van der Waals surface area (Å²) in [7, 11) is 0. The molecule has 8 heteroatoms. The van der Waals surface area contributed by atoms with Crippen LogP contribution >= 0.6 is 35.0 Å². The van der Waals surface area contributed by atoms with Crippen molar-refractivity contribution in [3.63, 3.8) is 0 Å². The molecule has 0 spiro atoms. The minimum Gasteiger partial charge on any atom is -0.490 e. The number of hydrogen-bond donors (Lipinski definition) is 1. The first-order chi connectivity index (χ1) is 16.4. The number of amides is 1. The largest absolute Gasteiger partial charge is 0.490 e. The van der Waals surface area contributed by atoms with Gasteiger partial charge in [-0.15, -0.1) is 0 Å². The molecule has 34 heavy (non-hydrogen) atoms. The second-order valence-corrected chi connectivity index (χ2v) is 9.34. The summed E-state index contributed by atoms with van der Waals surface area (Å²) >= 11 is 13.4. The zero-order chi connectivity index (χ0) is 24.1. The van der Waals surface area contributed by atoms with Crippen molar-refractivity contribution in [1.29, 1.82) is 0 Å². The number of nitrogens with one attached hydrogen (secondary N) is 1. The van der Waals surface area contributed by atoms with Crippen molar-refractivity contribution in [2.45, 2.75) is 20.5 Å². The molecule has 0 atom stereocenters. The summed E-state index contributed by atoms with van der Waals surface area (Å²) in [6.07, 6.45) is 1.81. The highest BCUT2D eigenvalue weighted by atomic mass is 35.5. The summed E-state index contributed by atoms with van der Waals surface area (Å²) in [6, 6.07) is 18.7. The lowest BCUT2D eigenvalue weighted by Crippen LogP contribution is -2.19. The van der Waals surface area contributed by atoms with Crippen molar-refractivity contribution in [2.75, 3.05) is 6.61 Å². The predicted octanol–water partition coefficient (Wildman–Crippen LogP) is 7.17. The summed E-state index contributed by atoms with van der Waals surface area (Å²) in [6.45, 7) is 4.71. The number of rotatable bonds is 7. The van der Waals surface area contributed by atoms with Crippen molar-refractivity contribution < 1.29 is 14.3 Å². The number of aryl methyl sites for hydroxylation is 1. The number of hydrogen-bond acceptors (Lipinski definition) is 5. The van der Waals surface area contributed by atoms with E-state index in [4.69, 9.17) is 32.7 Å². The lowest BCUT2D eigenvalue weighted by molar-refractivity contribution is -0.115. The minimum absolute atomic E-state index is 0.186. The van der Waals surface area contributed by atoms with E-state index in [-0.39, 0.29) is 5.91 Å². The van der Waals surface area contributed by atoms with Crippen molar-refractivity contribution in [1.82, 2.24) is 5.32 Å². The average Bonchev–Trinajstić information content (AvgIpc) is 3.15. The van der Waals surface area contributed by atoms with Crippen LogP contribution < -0.4 is 14.8 Å². The van der Waals surface area contributed by atoms with Gasteiger partial charge in [0.2, 0.25) is 0 Å². The van der Waals surface area contributed by atoms with Crippen LogP contribution in [0.25, 0.3) is 6.08 Å². The lowest BCUT2D eigenvalue weighted by atomic mass is 10.2. The van der Waals surface area contributed by atoms with E-state index >= 15 is 0 Å². The fourth-order valence-electron chi connectivity index (χ4n) is 3.16. The van der Waals surface area contributed by atoms with Crippen molar-refractivity contribution in [2.24, 2.45) is 4.99 Å². The Labute approximate surface area is 212 Å². The molecule has 1 N–H and O–H groups in total. The fraction of sp³-hybridized carbons (Fsp3) is 0.154. The van der Waals surface area contributed by atoms with Crippen LogP contribution in [-0.4, -0.2) is 17.7 Å². The standard InChI is InChI=1S/C26H22Cl2N2O3S/c1-3-32-23-13-17(7-11-22(23)33-15-18-6-10-20(27)21(28)12-18)14-24-25(31)30-26(34-24)29-19-8-4-16(2)5-9-19/h4-14H,3,15H2,1-2H3,(H,29,30,31)/b24-14-. The highest BCUT2D eigenvalue weighted by Gasteiger charge is 2.24. The number of nitrogens with zero attached hydrogens (tertiary/aromatic N) is 1. The maximum absolute atomic E-state index is 12.5. The fourth-order valence-corrected chi connectivity index (χ4v) is 4.32. The molecule has 0 aliphatic carbocycles. The molecule has 4 rings (SSSR count). The maximum Gasteiger partial charge on any atom is 0.264 e. The van der Waals surface area contributed by atoms with Crippen LogP contribution in [0.1, 0.15) is 23.6 Å². The van der Waals surface area contributed by atoms with Crippen LogP contribution in [0.5, 0.6) is 11.5 Å². The average molecular weight is 513 g/mol. The Bertz CT molecular complexity index is 1270. The smallest absolute Gasteiger partial charge is 0.264 e. The SMILES string of the molecule is CCOc1cc(/C=C2\SC(=Nc3ccc(C)cc3)NC2=O)ccc1OCc1ccc(Cl)c(Cl)c1. The quantitative estimate of drug-likeness (QED) is 0.340. The van der Waals surface area contributed by atoms with E-state index in [1.54, 1.807) is 12.1 Å². The van der Waals surface area contributed by atoms with Crippen molar-refractivity contribution >= 4 is 57.8 Å². The molecule has 0 unspecified atom stereocenters. The molecule has 3 aromatic rings. The molecule has 0 radical (unpaired) electrons. The van der Waals surface area contributed by atoms with E-state index in [0.717, 1.165) is 22.4 Å². The highest BCUT2D eigenvalue weighted by Crippen LogP contribution is 2.33. The van der Waals surface area contributed by atoms with Gasteiger partial charge in [-0.3, -0.25) is 4.79 Å². The molecular formula is C26H22Cl2N2O3S. The van der Waals surface area contributed by atoms with Crippen molar-refractivity contribution in [3.8, 4) is 11.5 Å². The Hall–Kier alpha value is -2.93. The molecule has 0 bridgehead atoms. The third-order valence-electron chi connectivity index (χ3n) is 4.86. The topological polar surface area (TPSA) is 59.9 Å². The number of amidine groups is 1. The first-order valence-electron chi connectivity index (χ1n) is 10.6. The first kappa shape index (κ1) is 24.2. The number of carbonyl (C=O) groups excluding carboxylic acids is 1. The first-order valence-corrected chi connectivity index (χ1v) is 12.2. The Morgan fingerprint density at radius 1 is 0.971 bits per heavy atom. The zero-order valence-electron chi connectivity index (χ0n) is 18.6. The normalized spacial score (nSPS) is 15.6. The lowest BCUT2D eigenvalue weighted by Gasteiger charge is -2.13. The second kappa shape index (κ2) is 11.0. The van der Waals surface area contributed by atoms with E-state index in [1.807, 2.05) is 68.5 Å². The summed E-state index contributed by atoms with van der Waals surface area (Å²) in [5.41, 5.74) is 3.65. The van der Waals surface area contributed by atoms with Gasteiger partial charge in [0.1, 0.15) is 6.61 Å². The number of aliphatic imine (C=N–C) groups is 1. The summed E-state index contributed by atoms with van der Waals surface area (Å²) in [5.74, 6) is 1.00. The van der Waals surface area contributed by atoms with Gasteiger partial charge in [-0.2, -0.15) is 0 Å². The monoisotopic (exact) mass is 512 g/mol. The van der Waals surface area contributed by atoms with E-state index in [0.29, 0.717) is 44.8 Å². The van der Waals surface area contributed by atoms with Crippen LogP contribution in [0.15, 0.2) is 70.6 Å². The third-order valence-corrected chi connectivity index (χ3v) is 6.51. The van der Waals surface area contributed by atoms with Crippen LogP contribution in [0.2, 0.25) is 10.0 Å². The molecule has 5 nitrogen and oxygen atoms in total. The van der Waals surface area contributed by atoms with Gasteiger partial charge in [-0.1, -0.05) is 53.0 Å². The van der Waals surface area contributed by atoms with Gasteiger partial charge in [0.05, 0.1) is 27.2 Å². The Balaban J connectivity index is 1.50. The second-order valence-electron chi connectivity index (χ2n) is 7.49. The van der Waals surface area contributed by atoms with Crippen LogP contribution in [0.3, 0.4) is 0 Å². The Morgan fingerprint density at radius 3 is 2.50 bits per heavy atom. The van der Waals surface area contributed by atoms with Crippen LogP contribution in [-0.2, 0) is 11.4 Å². The van der Waals surface area contributed by atoms with E-state index in [2.05, 4.69) is 10.3 Å². The molecule has 174 valence electrons. The molecule has 1 aliphatic rings. The molecule has 1 saturated heterocycles. The van der Waals surface area contributed by atoms with Gasteiger partial charge in [0.25, 0.3) is 5.91 Å². The van der Waals surface area contributed by atoms with Gasteiger partial charge < -0.3 is 14.8 Å². The number of benzene rings is 3. The van der Waals surface area contributed by atoms with Crippen LogP contribution in [0, 0.1) is 6.92 Å². The molecule has 0 saturated carbocycles. The number of ether oxygens (including phenoxy) is 2. The maximum atomic E-state index is 12.5. The number of halogens is 2. The molecule has 1 amide bonds. The van der Waals surface area contributed by atoms with Crippen LogP contribution in [0.4, 0.5) is 5.69 Å². The molecule has 1 heterocycles. The Kier molecular flexibility index (Phi) is 7.83. The molecule has 1 fully saturated rings. The zero-order valence-corrected chi connectivity index (χ0v) is 20.9. The number of thioether (sulfide) groups is 1. The van der Waals surface area contributed by atoms with E-state index in [9.17, 15) is 4.79 Å². The van der Waals surface area contributed by atoms with Gasteiger partial charge in [0.15, 0.2) is 16.7 Å². The van der Waals surface area contributed by atoms with Gasteiger partial charge in [0, 0.05) is 0 Å². The number of carbonyl (C=O) groups is 1. The summed E-state index contributed by atoms with van der Waals surface area (Å²) in [5, 5.41) is 4.34. The summed E-state index contributed by atoms with van der Waals surface area (Å²) in [4.78, 5) is 17.5. The third kappa shape index (κ3) is 6.14.